The lowest BCUT2D eigenvalue weighted by molar-refractivity contribution is 0.0594. The second-order valence-corrected chi connectivity index (χ2v) is 5.22. The number of esters is 1. The molecule has 0 aliphatic heterocycles. The molecule has 1 N–H and O–H groups in total. The number of hydrogen-bond donors (Lipinski definition) is 1. The Morgan fingerprint density at radius 3 is 2.90 bits per heavy atom. The molecule has 0 saturated heterocycles. The van der Waals surface area contributed by atoms with Crippen LogP contribution in [0, 0.1) is 12.7 Å². The van der Waals surface area contributed by atoms with E-state index in [2.05, 4.69) is 9.97 Å². The van der Waals surface area contributed by atoms with Gasteiger partial charge >= 0.3 is 11.7 Å². The number of methoxy groups -OCH3 is 1. The molecule has 0 aliphatic rings. The molecule has 0 aliphatic carbocycles. The van der Waals surface area contributed by atoms with Crippen LogP contribution in [0.2, 0.25) is 0 Å². The molecule has 1 heterocycles. The largest absolute Gasteiger partial charge is 0.465 e. The molecule has 0 amide bonds. The van der Waals surface area contributed by atoms with E-state index in [1.807, 2.05) is 0 Å². The number of aromatic nitrogens is 2. The Kier molecular flexibility index (Phi) is 4.74. The number of hydrogen-bond acceptors (Lipinski definition) is 5. The maximum absolute atomic E-state index is 13.1. The molecule has 1 aromatic carbocycles. The Hall–Kier alpha value is -2.15. The Bertz CT molecular complexity index is 730. The number of thioether (sulfide) groups is 1. The van der Waals surface area contributed by atoms with Crippen LogP contribution in [0.3, 0.4) is 0 Å². The van der Waals surface area contributed by atoms with E-state index < -0.39 is 11.7 Å². The number of aromatic amines is 1. The molecule has 0 unspecified atom stereocenters. The summed E-state index contributed by atoms with van der Waals surface area (Å²) in [6, 6.07) is 6.10. The van der Waals surface area contributed by atoms with Crippen molar-refractivity contribution in [3.8, 4) is 0 Å². The molecule has 7 heteroatoms. The summed E-state index contributed by atoms with van der Waals surface area (Å²) in [7, 11) is 1.26. The lowest BCUT2D eigenvalue weighted by atomic mass is 10.2. The minimum atomic E-state index is -0.571. The summed E-state index contributed by atoms with van der Waals surface area (Å²) in [5.74, 6) is -0.521. The Balaban J connectivity index is 2.31. The van der Waals surface area contributed by atoms with Crippen molar-refractivity contribution in [1.82, 2.24) is 9.97 Å². The number of halogens is 1. The molecule has 2 aromatic rings. The predicted octanol–water partition coefficient (Wildman–Crippen LogP) is 2.30. The third-order valence-electron chi connectivity index (χ3n) is 2.74. The van der Waals surface area contributed by atoms with Crippen molar-refractivity contribution in [2.24, 2.45) is 0 Å². The third-order valence-corrected chi connectivity index (χ3v) is 3.79. The van der Waals surface area contributed by atoms with E-state index in [9.17, 15) is 14.0 Å². The molecule has 0 fully saturated rings. The number of nitrogens with one attached hydrogen (secondary N) is 1. The van der Waals surface area contributed by atoms with Crippen molar-refractivity contribution < 1.29 is 13.9 Å². The number of ether oxygens (including phenoxy) is 1. The van der Waals surface area contributed by atoms with Gasteiger partial charge in [0.2, 0.25) is 0 Å². The number of aryl methyl sites for hydroxylation is 1. The summed E-state index contributed by atoms with van der Waals surface area (Å²) in [5.41, 5.74) is 0.805. The summed E-state index contributed by atoms with van der Waals surface area (Å²) in [6.45, 7) is 1.60. The molecule has 110 valence electrons. The molecule has 2 rings (SSSR count). The van der Waals surface area contributed by atoms with E-state index in [1.54, 1.807) is 19.1 Å². The minimum Gasteiger partial charge on any atom is -0.465 e. The SMILES string of the molecule is COC(=O)c1c(SCc2cccc(F)c2)nc(=O)[nH]c1C. The molecule has 1 aromatic heterocycles. The van der Waals surface area contributed by atoms with Gasteiger partial charge in [0.15, 0.2) is 0 Å². The van der Waals surface area contributed by atoms with Crippen LogP contribution in [0.15, 0.2) is 34.1 Å². The van der Waals surface area contributed by atoms with Crippen molar-refractivity contribution >= 4 is 17.7 Å². The Morgan fingerprint density at radius 1 is 1.48 bits per heavy atom. The Labute approximate surface area is 124 Å². The first kappa shape index (κ1) is 15.2. The fourth-order valence-corrected chi connectivity index (χ4v) is 2.80. The topological polar surface area (TPSA) is 72.0 Å². The first-order chi connectivity index (χ1) is 10.0. The molecular weight excluding hydrogens is 295 g/mol. The normalized spacial score (nSPS) is 10.4. The van der Waals surface area contributed by atoms with E-state index in [0.29, 0.717) is 11.4 Å². The summed E-state index contributed by atoms with van der Waals surface area (Å²) in [6.07, 6.45) is 0. The van der Waals surface area contributed by atoms with Crippen molar-refractivity contribution in [2.75, 3.05) is 7.11 Å². The molecule has 21 heavy (non-hydrogen) atoms. The van der Waals surface area contributed by atoms with E-state index >= 15 is 0 Å². The molecule has 0 spiro atoms. The zero-order valence-corrected chi connectivity index (χ0v) is 12.3. The van der Waals surface area contributed by atoms with Gasteiger partial charge in [0.05, 0.1) is 7.11 Å². The van der Waals surface area contributed by atoms with E-state index in [-0.39, 0.29) is 16.4 Å². The molecule has 0 bridgehead atoms. The van der Waals surface area contributed by atoms with Gasteiger partial charge < -0.3 is 9.72 Å². The highest BCUT2D eigenvalue weighted by molar-refractivity contribution is 7.98. The molecule has 5 nitrogen and oxygen atoms in total. The number of H-pyrrole nitrogens is 1. The van der Waals surface area contributed by atoms with Crippen molar-refractivity contribution in [2.45, 2.75) is 17.7 Å². The van der Waals surface area contributed by atoms with Crippen molar-refractivity contribution in [3.05, 3.63) is 57.4 Å². The maximum Gasteiger partial charge on any atom is 0.346 e. The van der Waals surface area contributed by atoms with Crippen molar-refractivity contribution in [3.63, 3.8) is 0 Å². The lowest BCUT2D eigenvalue weighted by Crippen LogP contribution is -2.19. The summed E-state index contributed by atoms with van der Waals surface area (Å²) < 4.78 is 17.8. The number of rotatable bonds is 4. The smallest absolute Gasteiger partial charge is 0.346 e. The van der Waals surface area contributed by atoms with Crippen LogP contribution in [0.25, 0.3) is 0 Å². The average molecular weight is 308 g/mol. The molecule has 0 saturated carbocycles. The van der Waals surface area contributed by atoms with Gasteiger partial charge in [-0.15, -0.1) is 11.8 Å². The van der Waals surface area contributed by atoms with Gasteiger partial charge in [0.1, 0.15) is 16.4 Å². The lowest BCUT2D eigenvalue weighted by Gasteiger charge is -2.08. The van der Waals surface area contributed by atoms with Gasteiger partial charge in [-0.3, -0.25) is 0 Å². The van der Waals surface area contributed by atoms with Crippen LogP contribution >= 0.6 is 11.8 Å². The predicted molar refractivity (Wildman–Crippen MR) is 76.9 cm³/mol. The molecular formula is C14H13FN2O3S. The van der Waals surface area contributed by atoms with Crippen LogP contribution in [-0.4, -0.2) is 23.0 Å². The van der Waals surface area contributed by atoms with Gasteiger partial charge in [-0.2, -0.15) is 4.98 Å². The van der Waals surface area contributed by atoms with E-state index in [1.165, 1.54) is 31.0 Å². The average Bonchev–Trinajstić information content (AvgIpc) is 2.44. The standard InChI is InChI=1S/C14H13FN2O3S/c1-8-11(13(18)20-2)12(17-14(19)16-8)21-7-9-4-3-5-10(15)6-9/h3-6H,7H2,1-2H3,(H,16,17,19). The van der Waals surface area contributed by atoms with Gasteiger partial charge in [0, 0.05) is 11.4 Å². The number of benzene rings is 1. The highest BCUT2D eigenvalue weighted by Crippen LogP contribution is 2.25. The minimum absolute atomic E-state index is 0.221. The summed E-state index contributed by atoms with van der Waals surface area (Å²) in [5, 5.41) is 0.271. The zero-order chi connectivity index (χ0) is 15.4. The van der Waals surface area contributed by atoms with Gasteiger partial charge in [-0.25, -0.2) is 14.0 Å². The highest BCUT2D eigenvalue weighted by atomic mass is 32.2. The van der Waals surface area contributed by atoms with Gasteiger partial charge in [-0.05, 0) is 24.6 Å². The first-order valence-electron chi connectivity index (χ1n) is 6.07. The number of nitrogens with zero attached hydrogens (tertiary/aromatic N) is 1. The fourth-order valence-electron chi connectivity index (χ4n) is 1.78. The second-order valence-electron chi connectivity index (χ2n) is 4.26. The van der Waals surface area contributed by atoms with Crippen LogP contribution in [0.1, 0.15) is 21.6 Å². The highest BCUT2D eigenvalue weighted by Gasteiger charge is 2.18. The monoisotopic (exact) mass is 308 g/mol. The molecule has 0 radical (unpaired) electrons. The van der Waals surface area contributed by atoms with E-state index in [4.69, 9.17) is 4.74 Å². The fraction of sp³-hybridized carbons (Fsp3) is 0.214. The third kappa shape index (κ3) is 3.69. The summed E-state index contributed by atoms with van der Waals surface area (Å²) >= 11 is 1.18. The second kappa shape index (κ2) is 6.53. The molecule has 0 atom stereocenters. The van der Waals surface area contributed by atoms with Gasteiger partial charge in [0.25, 0.3) is 0 Å². The summed E-state index contributed by atoms with van der Waals surface area (Å²) in [4.78, 5) is 29.5. The van der Waals surface area contributed by atoms with Crippen molar-refractivity contribution in [1.29, 1.82) is 0 Å². The number of carbonyl (C=O) groups excluding carboxylic acids is 1. The maximum atomic E-state index is 13.1. The van der Waals surface area contributed by atoms with Crippen LogP contribution in [-0.2, 0) is 10.5 Å². The Morgan fingerprint density at radius 2 is 2.24 bits per heavy atom. The van der Waals surface area contributed by atoms with Crippen LogP contribution < -0.4 is 5.69 Å². The quantitative estimate of drug-likeness (QED) is 0.533. The zero-order valence-electron chi connectivity index (χ0n) is 11.5. The van der Waals surface area contributed by atoms with Gasteiger partial charge in [-0.1, -0.05) is 12.1 Å². The number of carbonyl (C=O) groups is 1. The van der Waals surface area contributed by atoms with Crippen LogP contribution in [0.4, 0.5) is 4.39 Å². The van der Waals surface area contributed by atoms with E-state index in [0.717, 1.165) is 5.56 Å². The first-order valence-corrected chi connectivity index (χ1v) is 7.06. The van der Waals surface area contributed by atoms with Crippen LogP contribution in [0.5, 0.6) is 0 Å².